The molecule has 0 aliphatic rings. The average molecular weight is 254 g/mol. The summed E-state index contributed by atoms with van der Waals surface area (Å²) in [6.07, 6.45) is 0. The number of benzene rings is 1. The van der Waals surface area contributed by atoms with Crippen molar-refractivity contribution in [3.63, 3.8) is 0 Å². The van der Waals surface area contributed by atoms with Crippen molar-refractivity contribution in [3.8, 4) is 0 Å². The third kappa shape index (κ3) is 4.07. The molecule has 0 saturated heterocycles. The molecule has 0 aromatic heterocycles. The van der Waals surface area contributed by atoms with Gasteiger partial charge in [-0.25, -0.2) is 0 Å². The Hall–Kier alpha value is -1.49. The van der Waals surface area contributed by atoms with Gasteiger partial charge < -0.3 is 0 Å². The van der Waals surface area contributed by atoms with E-state index in [1.807, 2.05) is 6.92 Å². The molecule has 0 atom stereocenters. The van der Waals surface area contributed by atoms with Crippen molar-refractivity contribution in [1.29, 1.82) is 0 Å². The fourth-order valence-electron chi connectivity index (χ4n) is 1.88. The number of halogens is 1. The maximum absolute atomic E-state index is 13.5. The van der Waals surface area contributed by atoms with E-state index in [-0.39, 0.29) is 0 Å². The quantitative estimate of drug-likeness (QED) is 0.578. The van der Waals surface area contributed by atoms with Gasteiger partial charge in [0, 0.05) is 19.2 Å². The topological polar surface area (TPSA) is 46.4 Å². The van der Waals surface area contributed by atoms with Crippen LogP contribution in [-0.2, 0) is 6.54 Å². The molecule has 0 aliphatic carbocycles. The van der Waals surface area contributed by atoms with Crippen LogP contribution in [0.2, 0.25) is 0 Å². The molecule has 0 N–H and O–H groups in total. The van der Waals surface area contributed by atoms with Gasteiger partial charge in [-0.05, 0) is 24.1 Å². The standard InChI is InChI=1S/C13H19FN2O2/c1-4-15(8-10(2)3)9-11-5-6-13(16(17)18)12(14)7-11/h5-7,10H,4,8-9H2,1-3H3. The van der Waals surface area contributed by atoms with Gasteiger partial charge in [0.15, 0.2) is 0 Å². The first-order chi connectivity index (χ1) is 8.43. The second-order valence-corrected chi connectivity index (χ2v) is 4.76. The van der Waals surface area contributed by atoms with Crippen LogP contribution in [0, 0.1) is 21.8 Å². The molecule has 0 aliphatic heterocycles. The van der Waals surface area contributed by atoms with E-state index in [1.165, 1.54) is 12.1 Å². The summed E-state index contributed by atoms with van der Waals surface area (Å²) in [5.74, 6) is -0.231. The summed E-state index contributed by atoms with van der Waals surface area (Å²) in [4.78, 5) is 12.0. The Morgan fingerprint density at radius 2 is 2.11 bits per heavy atom. The van der Waals surface area contributed by atoms with Crippen molar-refractivity contribution in [1.82, 2.24) is 4.90 Å². The maximum atomic E-state index is 13.5. The van der Waals surface area contributed by atoms with E-state index in [9.17, 15) is 14.5 Å². The molecular formula is C13H19FN2O2. The highest BCUT2D eigenvalue weighted by molar-refractivity contribution is 5.34. The molecule has 0 amide bonds. The van der Waals surface area contributed by atoms with Crippen molar-refractivity contribution in [3.05, 3.63) is 39.7 Å². The minimum absolute atomic E-state index is 0.467. The molecule has 1 aromatic carbocycles. The van der Waals surface area contributed by atoms with E-state index < -0.39 is 16.4 Å². The number of hydrogen-bond donors (Lipinski definition) is 0. The van der Waals surface area contributed by atoms with Crippen molar-refractivity contribution in [2.45, 2.75) is 27.3 Å². The molecule has 0 saturated carbocycles. The van der Waals surface area contributed by atoms with Crippen molar-refractivity contribution in [2.24, 2.45) is 5.92 Å². The number of hydrogen-bond acceptors (Lipinski definition) is 3. The van der Waals surface area contributed by atoms with Crippen LogP contribution >= 0.6 is 0 Å². The molecule has 0 fully saturated rings. The predicted octanol–water partition coefficient (Wildman–Crippen LogP) is 3.21. The maximum Gasteiger partial charge on any atom is 0.304 e. The van der Waals surface area contributed by atoms with Crippen LogP contribution in [0.25, 0.3) is 0 Å². The second kappa shape index (κ2) is 6.44. The molecule has 0 spiro atoms. The highest BCUT2D eigenvalue weighted by Gasteiger charge is 2.14. The summed E-state index contributed by atoms with van der Waals surface area (Å²) in [5.41, 5.74) is 0.297. The van der Waals surface area contributed by atoms with E-state index >= 15 is 0 Å². The molecule has 0 heterocycles. The Morgan fingerprint density at radius 3 is 2.56 bits per heavy atom. The van der Waals surface area contributed by atoms with Crippen molar-refractivity contribution in [2.75, 3.05) is 13.1 Å². The predicted molar refractivity (Wildman–Crippen MR) is 68.8 cm³/mol. The average Bonchev–Trinajstić information content (AvgIpc) is 2.27. The van der Waals surface area contributed by atoms with Gasteiger partial charge in [-0.3, -0.25) is 15.0 Å². The molecule has 0 radical (unpaired) electrons. The molecule has 0 unspecified atom stereocenters. The second-order valence-electron chi connectivity index (χ2n) is 4.76. The zero-order valence-electron chi connectivity index (χ0n) is 11.0. The van der Waals surface area contributed by atoms with Crippen LogP contribution in [-0.4, -0.2) is 22.9 Å². The van der Waals surface area contributed by atoms with Gasteiger partial charge in [-0.15, -0.1) is 0 Å². The summed E-state index contributed by atoms with van der Waals surface area (Å²) in [6.45, 7) is 8.71. The number of rotatable bonds is 6. The zero-order valence-corrected chi connectivity index (χ0v) is 11.0. The first-order valence-corrected chi connectivity index (χ1v) is 6.09. The smallest absolute Gasteiger partial charge is 0.299 e. The highest BCUT2D eigenvalue weighted by atomic mass is 19.1. The van der Waals surface area contributed by atoms with Gasteiger partial charge in [-0.2, -0.15) is 4.39 Å². The lowest BCUT2D eigenvalue weighted by molar-refractivity contribution is -0.387. The fourth-order valence-corrected chi connectivity index (χ4v) is 1.88. The molecule has 1 rings (SSSR count). The van der Waals surface area contributed by atoms with Gasteiger partial charge in [0.2, 0.25) is 5.82 Å². The molecule has 4 nitrogen and oxygen atoms in total. The van der Waals surface area contributed by atoms with Crippen molar-refractivity contribution < 1.29 is 9.31 Å². The minimum Gasteiger partial charge on any atom is -0.299 e. The summed E-state index contributed by atoms with van der Waals surface area (Å²) < 4.78 is 13.5. The highest BCUT2D eigenvalue weighted by Crippen LogP contribution is 2.19. The van der Waals surface area contributed by atoms with Crippen LogP contribution in [0.3, 0.4) is 0 Å². The van der Waals surface area contributed by atoms with E-state index in [4.69, 9.17) is 0 Å². The van der Waals surface area contributed by atoms with E-state index in [1.54, 1.807) is 6.07 Å². The lowest BCUT2D eigenvalue weighted by Gasteiger charge is -2.22. The molecule has 100 valence electrons. The van der Waals surface area contributed by atoms with E-state index in [2.05, 4.69) is 18.7 Å². The third-order valence-electron chi connectivity index (χ3n) is 2.69. The van der Waals surface area contributed by atoms with Gasteiger partial charge in [0.1, 0.15) is 0 Å². The molecule has 18 heavy (non-hydrogen) atoms. The monoisotopic (exact) mass is 254 g/mol. The lowest BCUT2D eigenvalue weighted by atomic mass is 10.1. The Balaban J connectivity index is 2.78. The van der Waals surface area contributed by atoms with Crippen LogP contribution in [0.5, 0.6) is 0 Å². The van der Waals surface area contributed by atoms with Crippen molar-refractivity contribution >= 4 is 5.69 Å². The molecular weight excluding hydrogens is 235 g/mol. The van der Waals surface area contributed by atoms with E-state index in [0.29, 0.717) is 12.5 Å². The third-order valence-corrected chi connectivity index (χ3v) is 2.69. The molecule has 0 bridgehead atoms. The largest absolute Gasteiger partial charge is 0.304 e. The first-order valence-electron chi connectivity index (χ1n) is 6.09. The minimum atomic E-state index is -0.766. The van der Waals surface area contributed by atoms with Crippen LogP contribution < -0.4 is 0 Å². The normalized spacial score (nSPS) is 11.2. The summed E-state index contributed by atoms with van der Waals surface area (Å²) in [7, 11) is 0. The van der Waals surface area contributed by atoms with Gasteiger partial charge in [-0.1, -0.05) is 26.8 Å². The summed E-state index contributed by atoms with van der Waals surface area (Å²) in [5, 5.41) is 10.5. The lowest BCUT2D eigenvalue weighted by Crippen LogP contribution is -2.27. The number of nitro groups is 1. The van der Waals surface area contributed by atoms with Gasteiger partial charge >= 0.3 is 5.69 Å². The molecule has 5 heteroatoms. The van der Waals surface area contributed by atoms with Gasteiger partial charge in [0.25, 0.3) is 0 Å². The summed E-state index contributed by atoms with van der Waals surface area (Å²) in [6, 6.07) is 4.10. The number of nitrogens with zero attached hydrogens (tertiary/aromatic N) is 2. The Kier molecular flexibility index (Phi) is 5.22. The van der Waals surface area contributed by atoms with Gasteiger partial charge in [0.05, 0.1) is 4.92 Å². The Bertz CT molecular complexity index is 421. The summed E-state index contributed by atoms with van der Waals surface area (Å²) >= 11 is 0. The van der Waals surface area contributed by atoms with Crippen LogP contribution in [0.1, 0.15) is 26.3 Å². The Labute approximate surface area is 107 Å². The fraction of sp³-hybridized carbons (Fsp3) is 0.538. The zero-order chi connectivity index (χ0) is 13.7. The van der Waals surface area contributed by atoms with E-state index in [0.717, 1.165) is 18.7 Å². The van der Waals surface area contributed by atoms with Crippen LogP contribution in [0.4, 0.5) is 10.1 Å². The first kappa shape index (κ1) is 14.6. The van der Waals surface area contributed by atoms with Crippen LogP contribution in [0.15, 0.2) is 18.2 Å². The Morgan fingerprint density at radius 1 is 1.44 bits per heavy atom. The molecule has 1 aromatic rings. The SMILES string of the molecule is CCN(Cc1ccc([N+](=O)[O-])c(F)c1)CC(C)C. The number of nitro benzene ring substituents is 1.